The summed E-state index contributed by atoms with van der Waals surface area (Å²) in [6.45, 7) is -0.397. The molecule has 2 aromatic rings. The first kappa shape index (κ1) is 25.4. The van der Waals surface area contributed by atoms with E-state index in [0.29, 0.717) is 0 Å². The van der Waals surface area contributed by atoms with Gasteiger partial charge in [-0.3, -0.25) is 4.72 Å². The number of hydrogen-bond donors (Lipinski definition) is 1. The number of anilines is 2. The average molecular weight is 567 g/mol. The van der Waals surface area contributed by atoms with Gasteiger partial charge in [-0.15, -0.1) is 0 Å². The lowest BCUT2D eigenvalue weighted by Gasteiger charge is -2.35. The molecule has 1 heterocycles. The van der Waals surface area contributed by atoms with Crippen molar-refractivity contribution in [2.75, 3.05) is 36.1 Å². The minimum Gasteiger partial charge on any atom is -0.465 e. The van der Waals surface area contributed by atoms with Gasteiger partial charge in [0.25, 0.3) is 15.9 Å². The first-order valence-electron chi connectivity index (χ1n) is 9.61. The van der Waals surface area contributed by atoms with Crippen LogP contribution in [0.25, 0.3) is 0 Å². The maximum Gasteiger partial charge on any atom is 0.337 e. The van der Waals surface area contributed by atoms with E-state index in [1.807, 2.05) is 0 Å². The van der Waals surface area contributed by atoms with Crippen molar-refractivity contribution < 1.29 is 35.1 Å². The Morgan fingerprint density at radius 3 is 2.45 bits per heavy atom. The molecule has 1 fully saturated rings. The number of ether oxygens (including phenoxy) is 1. The Morgan fingerprint density at radius 1 is 1.15 bits per heavy atom. The van der Waals surface area contributed by atoms with Gasteiger partial charge in [-0.25, -0.2) is 30.4 Å². The number of piperidine rings is 1. The number of alkyl halides is 2. The Morgan fingerprint density at radius 2 is 1.85 bits per heavy atom. The third-order valence-electron chi connectivity index (χ3n) is 5.02. The Hall–Kier alpha value is -2.25. The van der Waals surface area contributed by atoms with Crippen molar-refractivity contribution in [3.63, 3.8) is 0 Å². The van der Waals surface area contributed by atoms with Crippen molar-refractivity contribution in [3.8, 4) is 0 Å². The van der Waals surface area contributed by atoms with Crippen LogP contribution < -0.4 is 9.62 Å². The topological polar surface area (TPSA) is 110 Å². The summed E-state index contributed by atoms with van der Waals surface area (Å²) in [4.78, 5) is 12.7. The lowest BCUT2D eigenvalue weighted by Crippen LogP contribution is -2.43. The van der Waals surface area contributed by atoms with Gasteiger partial charge in [0.05, 0.1) is 35.5 Å². The summed E-state index contributed by atoms with van der Waals surface area (Å²) in [5.74, 6) is -3.73. The zero-order valence-corrected chi connectivity index (χ0v) is 20.9. The maximum absolute atomic E-state index is 14.0. The molecule has 0 saturated carbocycles. The van der Waals surface area contributed by atoms with Crippen LogP contribution in [0, 0.1) is 0 Å². The molecule has 2 aromatic carbocycles. The molecule has 0 unspecified atom stereocenters. The molecule has 33 heavy (non-hydrogen) atoms. The SMILES string of the molecule is COC(=O)c1ccc(Br)c(S(=O)(=O)Nc2cc(S(C)(=O)=O)ccc2N2CCCC(F)(F)C2)c1. The van der Waals surface area contributed by atoms with Gasteiger partial charge in [-0.2, -0.15) is 0 Å². The molecule has 0 bridgehead atoms. The number of nitrogens with one attached hydrogen (secondary N) is 1. The van der Waals surface area contributed by atoms with Crippen LogP contribution in [-0.2, 0) is 24.6 Å². The molecule has 0 radical (unpaired) electrons. The molecular formula is C20H21BrF2N2O6S2. The summed E-state index contributed by atoms with van der Waals surface area (Å²) in [5, 5.41) is 0. The molecule has 13 heteroatoms. The average Bonchev–Trinajstić information content (AvgIpc) is 2.71. The Labute approximate surface area is 199 Å². The highest BCUT2D eigenvalue weighted by atomic mass is 79.9. The molecule has 0 aromatic heterocycles. The van der Waals surface area contributed by atoms with E-state index >= 15 is 0 Å². The summed E-state index contributed by atoms with van der Waals surface area (Å²) < 4.78 is 85.6. The standard InChI is InChI=1S/C20H21BrF2N2O6S2/c1-31-19(26)13-4-6-15(21)18(10-13)33(29,30)24-16-11-14(32(2,27)28)5-7-17(16)25-9-3-8-20(22,23)12-25/h4-7,10-11,24H,3,8-9,12H2,1-2H3. The second kappa shape index (κ2) is 9.18. The number of sulfone groups is 1. The molecule has 3 rings (SSSR count). The minimum atomic E-state index is -4.37. The molecule has 0 atom stereocenters. The van der Waals surface area contributed by atoms with E-state index in [1.165, 1.54) is 29.2 Å². The predicted octanol–water partition coefficient (Wildman–Crippen LogP) is 3.68. The van der Waals surface area contributed by atoms with E-state index in [4.69, 9.17) is 0 Å². The number of methoxy groups -OCH3 is 1. The normalized spacial score (nSPS) is 16.3. The largest absolute Gasteiger partial charge is 0.465 e. The monoisotopic (exact) mass is 566 g/mol. The van der Waals surface area contributed by atoms with E-state index in [-0.39, 0.29) is 50.6 Å². The summed E-state index contributed by atoms with van der Waals surface area (Å²) in [6, 6.07) is 7.43. The third kappa shape index (κ3) is 5.82. The quantitative estimate of drug-likeness (QED) is 0.531. The van der Waals surface area contributed by atoms with Crippen molar-refractivity contribution in [1.82, 2.24) is 0 Å². The number of esters is 1. The van der Waals surface area contributed by atoms with Crippen LogP contribution in [0.1, 0.15) is 23.2 Å². The second-order valence-electron chi connectivity index (χ2n) is 7.57. The third-order valence-corrected chi connectivity index (χ3v) is 8.49. The molecule has 0 aliphatic carbocycles. The van der Waals surface area contributed by atoms with Gasteiger partial charge in [0, 0.05) is 23.7 Å². The van der Waals surface area contributed by atoms with E-state index in [2.05, 4.69) is 25.4 Å². The molecule has 1 aliphatic rings. The first-order valence-corrected chi connectivity index (χ1v) is 13.8. The summed E-state index contributed by atoms with van der Waals surface area (Å²) in [6.07, 6.45) is 0.838. The number of hydrogen-bond acceptors (Lipinski definition) is 7. The second-order valence-corrected chi connectivity index (χ2v) is 12.1. The van der Waals surface area contributed by atoms with Gasteiger partial charge in [0.2, 0.25) is 0 Å². The summed E-state index contributed by atoms with van der Waals surface area (Å²) in [7, 11) is -6.94. The maximum atomic E-state index is 14.0. The highest BCUT2D eigenvalue weighted by molar-refractivity contribution is 9.10. The van der Waals surface area contributed by atoms with Crippen LogP contribution in [0.5, 0.6) is 0 Å². The molecule has 180 valence electrons. The van der Waals surface area contributed by atoms with Crippen molar-refractivity contribution in [1.29, 1.82) is 0 Å². The van der Waals surface area contributed by atoms with Crippen LogP contribution >= 0.6 is 15.9 Å². The number of benzene rings is 2. The smallest absolute Gasteiger partial charge is 0.337 e. The summed E-state index contributed by atoms with van der Waals surface area (Å²) in [5.41, 5.74) is -0.0848. The fourth-order valence-corrected chi connectivity index (χ4v) is 6.13. The van der Waals surface area contributed by atoms with Crippen molar-refractivity contribution in [2.45, 2.75) is 28.6 Å². The van der Waals surface area contributed by atoms with Gasteiger partial charge in [0.15, 0.2) is 9.84 Å². The molecule has 1 saturated heterocycles. The van der Waals surface area contributed by atoms with Gasteiger partial charge in [-0.1, -0.05) is 0 Å². The number of rotatable bonds is 6. The zero-order valence-electron chi connectivity index (χ0n) is 17.6. The minimum absolute atomic E-state index is 0.0261. The van der Waals surface area contributed by atoms with Crippen molar-refractivity contribution >= 4 is 53.1 Å². The molecule has 0 spiro atoms. The highest BCUT2D eigenvalue weighted by Gasteiger charge is 2.36. The van der Waals surface area contributed by atoms with E-state index in [0.717, 1.165) is 25.5 Å². The molecule has 1 aliphatic heterocycles. The Bertz CT molecular complexity index is 1300. The first-order chi connectivity index (χ1) is 15.2. The fraction of sp³-hybridized carbons (Fsp3) is 0.350. The number of sulfonamides is 1. The lowest BCUT2D eigenvalue weighted by molar-refractivity contribution is -0.0116. The molecule has 1 N–H and O–H groups in total. The number of nitrogens with zero attached hydrogens (tertiary/aromatic N) is 1. The van der Waals surface area contributed by atoms with Crippen LogP contribution in [0.15, 0.2) is 50.7 Å². The van der Waals surface area contributed by atoms with Crippen LogP contribution in [-0.4, -0.2) is 55.2 Å². The van der Waals surface area contributed by atoms with Crippen molar-refractivity contribution in [3.05, 3.63) is 46.4 Å². The molecule has 0 amide bonds. The Kier molecular flexibility index (Phi) is 7.06. The number of carbonyl (C=O) groups excluding carboxylic acids is 1. The van der Waals surface area contributed by atoms with E-state index in [9.17, 15) is 30.4 Å². The van der Waals surface area contributed by atoms with Gasteiger partial charge < -0.3 is 9.64 Å². The van der Waals surface area contributed by atoms with Crippen LogP contribution in [0.3, 0.4) is 0 Å². The molecular weight excluding hydrogens is 546 g/mol. The van der Waals surface area contributed by atoms with Gasteiger partial charge >= 0.3 is 5.97 Å². The number of carbonyl (C=O) groups is 1. The lowest BCUT2D eigenvalue weighted by atomic mass is 10.1. The zero-order chi connectivity index (χ0) is 24.6. The van der Waals surface area contributed by atoms with E-state index in [1.54, 1.807) is 0 Å². The van der Waals surface area contributed by atoms with Crippen molar-refractivity contribution in [2.24, 2.45) is 0 Å². The fourth-order valence-electron chi connectivity index (χ4n) is 3.43. The van der Waals surface area contributed by atoms with Gasteiger partial charge in [-0.05, 0) is 58.7 Å². The predicted molar refractivity (Wildman–Crippen MR) is 122 cm³/mol. The van der Waals surface area contributed by atoms with E-state index < -0.39 is 38.3 Å². The highest BCUT2D eigenvalue weighted by Crippen LogP contribution is 2.37. The van der Waals surface area contributed by atoms with Crippen LogP contribution in [0.4, 0.5) is 20.2 Å². The van der Waals surface area contributed by atoms with Crippen LogP contribution in [0.2, 0.25) is 0 Å². The Balaban J connectivity index is 2.10. The number of halogens is 3. The summed E-state index contributed by atoms with van der Waals surface area (Å²) >= 11 is 3.13. The van der Waals surface area contributed by atoms with Gasteiger partial charge in [0.1, 0.15) is 4.90 Å². The molecule has 8 nitrogen and oxygen atoms in total.